The van der Waals surface area contributed by atoms with Gasteiger partial charge in [-0.3, -0.25) is 4.98 Å². The van der Waals surface area contributed by atoms with Crippen LogP contribution >= 0.6 is 0 Å². The molecule has 1 aliphatic carbocycles. The molecule has 6 heteroatoms. The molecular weight excluding hydrogens is 460 g/mol. The van der Waals surface area contributed by atoms with Gasteiger partial charge in [-0.05, 0) is 68.2 Å². The van der Waals surface area contributed by atoms with E-state index >= 15 is 0 Å². The topological polar surface area (TPSA) is 50.7 Å². The van der Waals surface area contributed by atoms with Crippen molar-refractivity contribution >= 4 is 16.6 Å². The normalized spacial score (nSPS) is 15.4. The fraction of sp³-hybridized carbons (Fsp3) is 0.355. The van der Waals surface area contributed by atoms with Gasteiger partial charge in [-0.15, -0.1) is 0 Å². The Morgan fingerprint density at radius 1 is 0.946 bits per heavy atom. The van der Waals surface area contributed by atoms with Crippen molar-refractivity contribution in [3.8, 4) is 22.8 Å². The van der Waals surface area contributed by atoms with E-state index in [-0.39, 0.29) is 0 Å². The molecule has 0 radical (unpaired) electrons. The quantitative estimate of drug-likeness (QED) is 0.279. The van der Waals surface area contributed by atoms with E-state index in [0.29, 0.717) is 30.3 Å². The lowest BCUT2D eigenvalue weighted by Crippen LogP contribution is -2.18. The first kappa shape index (κ1) is 23.7. The molecular formula is C31H34N4O2. The Kier molecular flexibility index (Phi) is 6.21. The van der Waals surface area contributed by atoms with Crippen molar-refractivity contribution in [1.29, 1.82) is 0 Å². The monoisotopic (exact) mass is 494 g/mol. The number of fused-ring (bicyclic) bond motifs is 4. The summed E-state index contributed by atoms with van der Waals surface area (Å²) in [6.07, 6.45) is 7.38. The van der Waals surface area contributed by atoms with Crippen LogP contribution in [-0.2, 0) is 12.0 Å². The second-order valence-corrected chi connectivity index (χ2v) is 10.7. The van der Waals surface area contributed by atoms with Gasteiger partial charge < -0.3 is 19.3 Å². The van der Waals surface area contributed by atoms with Gasteiger partial charge in [0.05, 0.1) is 24.0 Å². The number of hydrogen-bond acceptors (Lipinski definition) is 6. The number of pyridine rings is 2. The minimum absolute atomic E-state index is 0.302. The number of likely N-dealkylation sites (N-methyl/N-ethyl adjacent to an activating group) is 1. The molecule has 1 aliphatic heterocycles. The SMILES string of the molecule is CN(C)CCCOc1ncc(-c2ccc3ncc4c(c3c2)C2(CC2)CN4C)cc1OCc1ccccc1. The molecule has 2 aromatic heterocycles. The zero-order valence-electron chi connectivity index (χ0n) is 21.9. The number of nitrogens with zero attached hydrogens (tertiary/aromatic N) is 4. The van der Waals surface area contributed by atoms with Gasteiger partial charge in [0.15, 0.2) is 5.75 Å². The molecule has 0 bridgehead atoms. The van der Waals surface area contributed by atoms with E-state index in [2.05, 4.69) is 67.3 Å². The highest BCUT2D eigenvalue weighted by Gasteiger charge is 2.51. The largest absolute Gasteiger partial charge is 0.483 e. The van der Waals surface area contributed by atoms with E-state index in [1.54, 1.807) is 0 Å². The third-order valence-corrected chi connectivity index (χ3v) is 7.56. The summed E-state index contributed by atoms with van der Waals surface area (Å²) in [7, 11) is 6.32. The van der Waals surface area contributed by atoms with Crippen molar-refractivity contribution in [1.82, 2.24) is 14.9 Å². The third kappa shape index (κ3) is 4.74. The number of hydrogen-bond donors (Lipinski definition) is 0. The molecule has 1 saturated carbocycles. The van der Waals surface area contributed by atoms with Gasteiger partial charge in [0.2, 0.25) is 0 Å². The van der Waals surface area contributed by atoms with Gasteiger partial charge in [-0.2, -0.15) is 0 Å². The highest BCUT2D eigenvalue weighted by atomic mass is 16.5. The van der Waals surface area contributed by atoms with Crippen LogP contribution in [-0.4, -0.2) is 55.7 Å². The van der Waals surface area contributed by atoms with E-state index in [1.165, 1.54) is 29.5 Å². The lowest BCUT2D eigenvalue weighted by Gasteiger charge is -2.15. The van der Waals surface area contributed by atoms with Crippen LogP contribution < -0.4 is 14.4 Å². The van der Waals surface area contributed by atoms with Crippen molar-refractivity contribution < 1.29 is 9.47 Å². The molecule has 190 valence electrons. The first-order valence-electron chi connectivity index (χ1n) is 13.1. The molecule has 1 spiro atoms. The Labute approximate surface area is 218 Å². The minimum Gasteiger partial charge on any atom is -0.483 e. The second-order valence-electron chi connectivity index (χ2n) is 10.7. The summed E-state index contributed by atoms with van der Waals surface area (Å²) in [6.45, 7) is 3.11. The fourth-order valence-corrected chi connectivity index (χ4v) is 5.47. The molecule has 6 nitrogen and oxygen atoms in total. The van der Waals surface area contributed by atoms with Crippen molar-refractivity contribution in [2.24, 2.45) is 0 Å². The summed E-state index contributed by atoms with van der Waals surface area (Å²) in [4.78, 5) is 14.0. The van der Waals surface area contributed by atoms with Crippen molar-refractivity contribution in [2.75, 3.05) is 45.7 Å². The van der Waals surface area contributed by atoms with Crippen LogP contribution in [0.15, 0.2) is 67.0 Å². The first-order chi connectivity index (χ1) is 18.0. The summed E-state index contributed by atoms with van der Waals surface area (Å²) in [5.41, 5.74) is 7.33. The maximum atomic E-state index is 6.27. The number of rotatable bonds is 9. The maximum absolute atomic E-state index is 6.27. The summed E-state index contributed by atoms with van der Waals surface area (Å²) < 4.78 is 12.3. The Morgan fingerprint density at radius 3 is 2.57 bits per heavy atom. The second kappa shape index (κ2) is 9.67. The standard InChI is InChI=1S/C31H34N4O2/c1-34(2)14-7-15-36-30-28(37-20-22-8-5-4-6-9-22)17-24(18-33-30)23-10-11-26-25(16-23)29-27(19-32-26)35(3)21-31(29)12-13-31/h4-6,8-11,16-19H,7,12-15,20-21H2,1-3H3. The molecule has 0 amide bonds. The lowest BCUT2D eigenvalue weighted by atomic mass is 9.93. The molecule has 3 heterocycles. The fourth-order valence-electron chi connectivity index (χ4n) is 5.47. The van der Waals surface area contributed by atoms with Crippen molar-refractivity contribution in [3.63, 3.8) is 0 Å². The molecule has 0 atom stereocenters. The van der Waals surface area contributed by atoms with E-state index in [0.717, 1.165) is 41.7 Å². The molecule has 6 rings (SSSR count). The summed E-state index contributed by atoms with van der Waals surface area (Å²) >= 11 is 0. The number of anilines is 1. The maximum Gasteiger partial charge on any atom is 0.257 e. The molecule has 0 saturated heterocycles. The third-order valence-electron chi connectivity index (χ3n) is 7.56. The summed E-state index contributed by atoms with van der Waals surface area (Å²) in [6, 6.07) is 18.8. The van der Waals surface area contributed by atoms with Crippen LogP contribution in [0.2, 0.25) is 0 Å². The zero-order valence-corrected chi connectivity index (χ0v) is 21.9. The van der Waals surface area contributed by atoms with Crippen molar-refractivity contribution in [2.45, 2.75) is 31.3 Å². The van der Waals surface area contributed by atoms with Gasteiger partial charge in [0, 0.05) is 42.7 Å². The highest BCUT2D eigenvalue weighted by Crippen LogP contribution is 2.58. The van der Waals surface area contributed by atoms with Gasteiger partial charge in [-0.25, -0.2) is 4.98 Å². The van der Waals surface area contributed by atoms with Crippen LogP contribution in [0, 0.1) is 0 Å². The van der Waals surface area contributed by atoms with Crippen molar-refractivity contribution in [3.05, 3.63) is 78.1 Å². The predicted molar refractivity (Wildman–Crippen MR) is 149 cm³/mol. The number of aromatic nitrogens is 2. The van der Waals surface area contributed by atoms with Crippen LogP contribution in [0.3, 0.4) is 0 Å². The van der Waals surface area contributed by atoms with E-state index in [9.17, 15) is 0 Å². The van der Waals surface area contributed by atoms with E-state index in [1.807, 2.05) is 30.6 Å². The predicted octanol–water partition coefficient (Wildman–Crippen LogP) is 5.69. The van der Waals surface area contributed by atoms with E-state index < -0.39 is 0 Å². The number of benzene rings is 2. The molecule has 2 aromatic carbocycles. The van der Waals surface area contributed by atoms with E-state index in [4.69, 9.17) is 19.4 Å². The van der Waals surface area contributed by atoms with Gasteiger partial charge in [0.1, 0.15) is 6.61 Å². The highest BCUT2D eigenvalue weighted by molar-refractivity contribution is 5.93. The molecule has 0 N–H and O–H groups in total. The molecule has 4 aromatic rings. The van der Waals surface area contributed by atoms with Gasteiger partial charge >= 0.3 is 0 Å². The van der Waals surface area contributed by atoms with Gasteiger partial charge in [-0.1, -0.05) is 36.4 Å². The molecule has 2 aliphatic rings. The Balaban J connectivity index is 1.33. The molecule has 1 fully saturated rings. The first-order valence-corrected chi connectivity index (χ1v) is 13.1. The Hall–Kier alpha value is -3.64. The van der Waals surface area contributed by atoms with Crippen LogP contribution in [0.5, 0.6) is 11.6 Å². The molecule has 37 heavy (non-hydrogen) atoms. The lowest BCUT2D eigenvalue weighted by molar-refractivity contribution is 0.241. The average molecular weight is 495 g/mol. The Bertz CT molecular complexity index is 1420. The van der Waals surface area contributed by atoms with Crippen LogP contribution in [0.1, 0.15) is 30.4 Å². The zero-order chi connectivity index (χ0) is 25.4. The van der Waals surface area contributed by atoms with Crippen LogP contribution in [0.25, 0.3) is 22.0 Å². The average Bonchev–Trinajstić information content (AvgIpc) is 3.63. The molecule has 0 unspecified atom stereocenters. The number of ether oxygens (including phenoxy) is 2. The Morgan fingerprint density at radius 2 is 1.78 bits per heavy atom. The van der Waals surface area contributed by atoms with Crippen LogP contribution in [0.4, 0.5) is 5.69 Å². The summed E-state index contributed by atoms with van der Waals surface area (Å²) in [5, 5.41) is 1.26. The summed E-state index contributed by atoms with van der Waals surface area (Å²) in [5.74, 6) is 1.21. The smallest absolute Gasteiger partial charge is 0.257 e. The van der Waals surface area contributed by atoms with Gasteiger partial charge in [0.25, 0.3) is 5.88 Å². The minimum atomic E-state index is 0.302.